The lowest BCUT2D eigenvalue weighted by molar-refractivity contribution is 0.798. The molecule has 1 aromatic carbocycles. The summed E-state index contributed by atoms with van der Waals surface area (Å²) in [6.45, 7) is 4.91. The van der Waals surface area contributed by atoms with Crippen LogP contribution < -0.4 is 5.32 Å². The van der Waals surface area contributed by atoms with Crippen molar-refractivity contribution in [3.8, 4) is 0 Å². The maximum atomic E-state index is 4.73. The number of rotatable bonds is 3. The minimum Gasteiger partial charge on any atom is -0.363 e. The molecular weight excluding hydrogens is 342 g/mol. The Morgan fingerprint density at radius 3 is 2.88 bits per heavy atom. The highest BCUT2D eigenvalue weighted by atomic mass is 32.1. The average Bonchev–Trinajstić information content (AvgIpc) is 3.31. The predicted octanol–water partition coefficient (Wildman–Crippen LogP) is 4.30. The molecule has 0 spiro atoms. The monoisotopic (exact) mass is 363 g/mol. The normalized spacial score (nSPS) is 13.7. The van der Waals surface area contributed by atoms with Gasteiger partial charge in [-0.1, -0.05) is 18.2 Å². The van der Waals surface area contributed by atoms with E-state index in [0.29, 0.717) is 0 Å². The van der Waals surface area contributed by atoms with Gasteiger partial charge in [0.05, 0.1) is 15.9 Å². The van der Waals surface area contributed by atoms with Crippen LogP contribution in [0, 0.1) is 13.8 Å². The molecule has 1 aliphatic rings. The minimum atomic E-state index is 0.789. The summed E-state index contributed by atoms with van der Waals surface area (Å²) >= 11 is 1.67. The van der Waals surface area contributed by atoms with Gasteiger partial charge in [0.15, 0.2) is 5.82 Å². The van der Waals surface area contributed by atoms with Gasteiger partial charge in [0.1, 0.15) is 4.83 Å². The van der Waals surface area contributed by atoms with Gasteiger partial charge >= 0.3 is 0 Å². The van der Waals surface area contributed by atoms with Crippen LogP contribution in [0.1, 0.15) is 34.4 Å². The standard InChI is InChI=1S/C20H21N5S/c1-11-12(2)22-23-20-16(11)17-18(26-20)19(24-25(17)3)21-10-13-7-8-14-5-4-6-15(14)9-13/h7-9H,4-6,10H2,1-3H3,(H,21,24). The third kappa shape index (κ3) is 2.32. The molecular formula is C20H21N5S. The molecule has 0 saturated heterocycles. The molecule has 0 saturated carbocycles. The first-order valence-electron chi connectivity index (χ1n) is 9.05. The number of anilines is 1. The van der Waals surface area contributed by atoms with Crippen LogP contribution in [0.3, 0.4) is 0 Å². The summed E-state index contributed by atoms with van der Waals surface area (Å²) < 4.78 is 3.12. The van der Waals surface area contributed by atoms with E-state index in [2.05, 4.69) is 40.6 Å². The lowest BCUT2D eigenvalue weighted by Crippen LogP contribution is -2.02. The van der Waals surface area contributed by atoms with Crippen molar-refractivity contribution in [1.29, 1.82) is 0 Å². The highest BCUT2D eigenvalue weighted by molar-refractivity contribution is 7.26. The van der Waals surface area contributed by atoms with Gasteiger partial charge in [-0.15, -0.1) is 16.4 Å². The Kier molecular flexibility index (Phi) is 3.50. The first-order valence-corrected chi connectivity index (χ1v) is 9.87. The zero-order chi connectivity index (χ0) is 17.8. The highest BCUT2D eigenvalue weighted by Crippen LogP contribution is 2.38. The second kappa shape index (κ2) is 5.77. The van der Waals surface area contributed by atoms with Crippen LogP contribution >= 0.6 is 11.3 Å². The second-order valence-corrected chi connectivity index (χ2v) is 8.15. The first-order chi connectivity index (χ1) is 12.6. The molecule has 1 aliphatic carbocycles. The maximum Gasteiger partial charge on any atom is 0.166 e. The molecule has 0 atom stereocenters. The van der Waals surface area contributed by atoms with Crippen molar-refractivity contribution in [2.24, 2.45) is 7.05 Å². The molecule has 132 valence electrons. The molecule has 0 fully saturated rings. The van der Waals surface area contributed by atoms with Gasteiger partial charge in [-0.25, -0.2) is 0 Å². The fourth-order valence-corrected chi connectivity index (χ4v) is 5.11. The van der Waals surface area contributed by atoms with Crippen molar-refractivity contribution >= 4 is 37.6 Å². The number of hydrogen-bond acceptors (Lipinski definition) is 5. The van der Waals surface area contributed by atoms with E-state index >= 15 is 0 Å². The number of aromatic nitrogens is 4. The third-order valence-electron chi connectivity index (χ3n) is 5.48. The Bertz CT molecular complexity index is 1150. The maximum absolute atomic E-state index is 4.73. The summed E-state index contributed by atoms with van der Waals surface area (Å²) in [4.78, 5) is 0.983. The van der Waals surface area contributed by atoms with E-state index in [4.69, 9.17) is 5.10 Å². The fourth-order valence-electron chi connectivity index (χ4n) is 3.95. The van der Waals surface area contributed by atoms with Crippen molar-refractivity contribution in [3.05, 3.63) is 46.1 Å². The van der Waals surface area contributed by atoms with Gasteiger partial charge in [0.2, 0.25) is 0 Å². The summed E-state index contributed by atoms with van der Waals surface area (Å²) in [7, 11) is 2.00. The molecule has 3 heterocycles. The average molecular weight is 363 g/mol. The van der Waals surface area contributed by atoms with Gasteiger partial charge in [-0.2, -0.15) is 10.2 Å². The van der Waals surface area contributed by atoms with Crippen molar-refractivity contribution in [2.75, 3.05) is 5.32 Å². The molecule has 6 heteroatoms. The van der Waals surface area contributed by atoms with Crippen molar-refractivity contribution in [1.82, 2.24) is 20.0 Å². The quantitative estimate of drug-likeness (QED) is 0.590. The van der Waals surface area contributed by atoms with Crippen molar-refractivity contribution < 1.29 is 0 Å². The largest absolute Gasteiger partial charge is 0.363 e. The molecule has 0 radical (unpaired) electrons. The van der Waals surface area contributed by atoms with Crippen LogP contribution in [0.25, 0.3) is 20.4 Å². The zero-order valence-corrected chi connectivity index (χ0v) is 16.1. The molecule has 0 amide bonds. The smallest absolute Gasteiger partial charge is 0.166 e. The van der Waals surface area contributed by atoms with Crippen LogP contribution in [0.4, 0.5) is 5.82 Å². The van der Waals surface area contributed by atoms with Crippen LogP contribution in [-0.4, -0.2) is 20.0 Å². The van der Waals surface area contributed by atoms with Crippen LogP contribution in [0.2, 0.25) is 0 Å². The molecule has 5 rings (SSSR count). The lowest BCUT2D eigenvalue weighted by atomic mass is 10.1. The van der Waals surface area contributed by atoms with Crippen molar-refractivity contribution in [2.45, 2.75) is 39.7 Å². The topological polar surface area (TPSA) is 55.6 Å². The zero-order valence-electron chi connectivity index (χ0n) is 15.3. The van der Waals surface area contributed by atoms with E-state index in [1.807, 2.05) is 18.7 Å². The number of thiophene rings is 1. The highest BCUT2D eigenvalue weighted by Gasteiger charge is 2.19. The van der Waals surface area contributed by atoms with Gasteiger partial charge in [-0.05, 0) is 55.4 Å². The van der Waals surface area contributed by atoms with Crippen LogP contribution in [0.15, 0.2) is 18.2 Å². The SMILES string of the molecule is Cc1nnc2sc3c(NCc4ccc5c(c4)CCC5)nn(C)c3c2c1C. The Labute approximate surface area is 156 Å². The lowest BCUT2D eigenvalue weighted by Gasteiger charge is -2.06. The summed E-state index contributed by atoms with van der Waals surface area (Å²) in [6.07, 6.45) is 3.73. The van der Waals surface area contributed by atoms with Gasteiger partial charge in [-0.3, -0.25) is 4.68 Å². The van der Waals surface area contributed by atoms with Gasteiger partial charge < -0.3 is 5.32 Å². The Hall–Kier alpha value is -2.47. The minimum absolute atomic E-state index is 0.789. The van der Waals surface area contributed by atoms with Crippen LogP contribution in [0.5, 0.6) is 0 Å². The molecule has 4 aromatic rings. The van der Waals surface area contributed by atoms with E-state index in [0.717, 1.165) is 33.1 Å². The third-order valence-corrected chi connectivity index (χ3v) is 6.55. The van der Waals surface area contributed by atoms with E-state index in [9.17, 15) is 0 Å². The molecule has 5 nitrogen and oxygen atoms in total. The molecule has 0 unspecified atom stereocenters. The molecule has 3 aromatic heterocycles. The summed E-state index contributed by atoms with van der Waals surface area (Å²) in [6, 6.07) is 6.87. The van der Waals surface area contributed by atoms with Crippen molar-refractivity contribution in [3.63, 3.8) is 0 Å². The van der Waals surface area contributed by atoms with E-state index < -0.39 is 0 Å². The molecule has 26 heavy (non-hydrogen) atoms. The summed E-state index contributed by atoms with van der Waals surface area (Å²) in [5, 5.41) is 18.1. The van der Waals surface area contributed by atoms with E-state index in [1.165, 1.54) is 46.9 Å². The number of benzene rings is 1. The van der Waals surface area contributed by atoms with Gasteiger partial charge in [0.25, 0.3) is 0 Å². The number of fused-ring (bicyclic) bond motifs is 4. The predicted molar refractivity (Wildman–Crippen MR) is 107 cm³/mol. The Balaban J connectivity index is 1.52. The van der Waals surface area contributed by atoms with E-state index in [-0.39, 0.29) is 0 Å². The molecule has 0 aliphatic heterocycles. The number of aryl methyl sites for hydroxylation is 5. The van der Waals surface area contributed by atoms with Crippen LogP contribution in [-0.2, 0) is 26.4 Å². The Morgan fingerprint density at radius 1 is 1.15 bits per heavy atom. The second-order valence-electron chi connectivity index (χ2n) is 7.15. The fraction of sp³-hybridized carbons (Fsp3) is 0.350. The van der Waals surface area contributed by atoms with Gasteiger partial charge in [0, 0.05) is 19.0 Å². The number of hydrogen-bond donors (Lipinski definition) is 1. The molecule has 0 bridgehead atoms. The number of nitrogens with zero attached hydrogens (tertiary/aromatic N) is 4. The first kappa shape index (κ1) is 15.8. The number of nitrogens with one attached hydrogen (secondary N) is 1. The summed E-state index contributed by atoms with van der Waals surface area (Å²) in [5.74, 6) is 0.933. The Morgan fingerprint density at radius 2 is 2.00 bits per heavy atom. The summed E-state index contributed by atoms with van der Waals surface area (Å²) in [5.41, 5.74) is 7.66. The molecule has 1 N–H and O–H groups in total. The van der Waals surface area contributed by atoms with E-state index in [1.54, 1.807) is 11.3 Å².